The largest absolute Gasteiger partial charge is 0.495 e. The molecule has 1 rings (SSSR count). The first-order chi connectivity index (χ1) is 8.58. The minimum Gasteiger partial charge on any atom is -0.495 e. The molecule has 0 aliphatic heterocycles. The van der Waals surface area contributed by atoms with E-state index in [0.717, 1.165) is 5.56 Å². The van der Waals surface area contributed by atoms with E-state index in [1.165, 1.54) is 0 Å². The van der Waals surface area contributed by atoms with Crippen molar-refractivity contribution < 1.29 is 14.6 Å². The maximum Gasteiger partial charge on any atom is 0.142 e. The van der Waals surface area contributed by atoms with Crippen molar-refractivity contribution in [2.75, 3.05) is 27.4 Å². The summed E-state index contributed by atoms with van der Waals surface area (Å²) in [6, 6.07) is 3.41. The molecule has 0 heterocycles. The lowest BCUT2D eigenvalue weighted by Crippen LogP contribution is -2.29. The first kappa shape index (κ1) is 15.5. The van der Waals surface area contributed by atoms with Crippen LogP contribution in [0.4, 0.5) is 0 Å². The van der Waals surface area contributed by atoms with E-state index in [1.54, 1.807) is 26.4 Å². The Balaban J connectivity index is 2.61. The highest BCUT2D eigenvalue weighted by molar-refractivity contribution is 6.35. The molecule has 2 N–H and O–H groups in total. The summed E-state index contributed by atoms with van der Waals surface area (Å²) in [5, 5.41) is 13.6. The number of aliphatic hydroxyl groups excluding tert-OH is 1. The Morgan fingerprint density at radius 3 is 2.67 bits per heavy atom. The van der Waals surface area contributed by atoms with Crippen LogP contribution in [0.15, 0.2) is 12.1 Å². The van der Waals surface area contributed by atoms with Gasteiger partial charge >= 0.3 is 0 Å². The molecule has 18 heavy (non-hydrogen) atoms. The molecule has 0 amide bonds. The van der Waals surface area contributed by atoms with Gasteiger partial charge in [-0.2, -0.15) is 0 Å². The van der Waals surface area contributed by atoms with Crippen LogP contribution < -0.4 is 10.1 Å². The quantitative estimate of drug-likeness (QED) is 0.808. The third-order valence-electron chi connectivity index (χ3n) is 2.34. The van der Waals surface area contributed by atoms with Gasteiger partial charge in [-0.05, 0) is 12.1 Å². The van der Waals surface area contributed by atoms with Crippen LogP contribution in [0, 0.1) is 0 Å². The monoisotopic (exact) mass is 293 g/mol. The van der Waals surface area contributed by atoms with Crippen LogP contribution in [0.1, 0.15) is 5.56 Å². The van der Waals surface area contributed by atoms with Crippen molar-refractivity contribution in [1.82, 2.24) is 5.32 Å². The van der Waals surface area contributed by atoms with Gasteiger partial charge in [-0.15, -0.1) is 0 Å². The number of methoxy groups -OCH3 is 2. The molecule has 1 aromatic carbocycles. The van der Waals surface area contributed by atoms with Gasteiger partial charge in [-0.3, -0.25) is 0 Å². The number of ether oxygens (including phenoxy) is 2. The van der Waals surface area contributed by atoms with Gasteiger partial charge in [0.2, 0.25) is 0 Å². The van der Waals surface area contributed by atoms with E-state index in [-0.39, 0.29) is 0 Å². The van der Waals surface area contributed by atoms with Crippen LogP contribution in [0.2, 0.25) is 10.0 Å². The Morgan fingerprint density at radius 1 is 1.33 bits per heavy atom. The molecule has 0 spiro atoms. The van der Waals surface area contributed by atoms with E-state index < -0.39 is 6.10 Å². The third kappa shape index (κ3) is 4.63. The van der Waals surface area contributed by atoms with Gasteiger partial charge < -0.3 is 19.9 Å². The summed E-state index contributed by atoms with van der Waals surface area (Å²) in [5.74, 6) is 0.592. The molecule has 1 unspecified atom stereocenters. The van der Waals surface area contributed by atoms with Crippen LogP contribution in [0.25, 0.3) is 0 Å². The average molecular weight is 294 g/mol. The number of aliphatic hydroxyl groups is 1. The van der Waals surface area contributed by atoms with E-state index in [0.29, 0.717) is 35.5 Å². The molecule has 0 saturated carbocycles. The molecule has 4 nitrogen and oxygen atoms in total. The first-order valence-corrected chi connectivity index (χ1v) is 6.23. The summed E-state index contributed by atoms with van der Waals surface area (Å²) >= 11 is 12.0. The normalized spacial score (nSPS) is 12.5. The molecule has 0 aliphatic carbocycles. The number of benzene rings is 1. The Labute approximate surface area is 117 Å². The van der Waals surface area contributed by atoms with E-state index >= 15 is 0 Å². The molecule has 1 aromatic rings. The van der Waals surface area contributed by atoms with E-state index in [2.05, 4.69) is 5.32 Å². The van der Waals surface area contributed by atoms with Crippen molar-refractivity contribution in [2.24, 2.45) is 0 Å². The van der Waals surface area contributed by atoms with Crippen LogP contribution in [-0.2, 0) is 11.3 Å². The zero-order chi connectivity index (χ0) is 13.5. The molecule has 6 heteroatoms. The van der Waals surface area contributed by atoms with E-state index in [4.69, 9.17) is 32.7 Å². The van der Waals surface area contributed by atoms with Gasteiger partial charge in [-0.25, -0.2) is 0 Å². The fourth-order valence-corrected chi connectivity index (χ4v) is 2.21. The Bertz CT molecular complexity index is 388. The van der Waals surface area contributed by atoms with Gasteiger partial charge in [0.25, 0.3) is 0 Å². The molecular weight excluding hydrogens is 277 g/mol. The fraction of sp³-hybridized carbons (Fsp3) is 0.500. The van der Waals surface area contributed by atoms with Gasteiger partial charge in [0.05, 0.1) is 24.8 Å². The lowest BCUT2D eigenvalue weighted by molar-refractivity contribution is 0.0644. The van der Waals surface area contributed by atoms with Crippen LogP contribution >= 0.6 is 23.2 Å². The van der Waals surface area contributed by atoms with Crippen molar-refractivity contribution in [3.05, 3.63) is 27.7 Å². The van der Waals surface area contributed by atoms with Crippen molar-refractivity contribution >= 4 is 23.2 Å². The number of nitrogens with one attached hydrogen (secondary N) is 1. The molecule has 0 fully saturated rings. The standard InChI is InChI=1S/C12H17Cl2NO3/c1-17-7-10(16)6-15-5-8-3-9(13)4-11(14)12(8)18-2/h3-4,10,15-16H,5-7H2,1-2H3. The van der Waals surface area contributed by atoms with Crippen LogP contribution in [0.5, 0.6) is 5.75 Å². The van der Waals surface area contributed by atoms with Crippen molar-refractivity contribution in [3.8, 4) is 5.75 Å². The van der Waals surface area contributed by atoms with Gasteiger partial charge in [0.15, 0.2) is 0 Å². The third-order valence-corrected chi connectivity index (χ3v) is 2.84. The molecule has 0 aromatic heterocycles. The molecule has 0 saturated heterocycles. The lowest BCUT2D eigenvalue weighted by atomic mass is 10.2. The number of halogens is 2. The second kappa shape index (κ2) is 7.81. The Hall–Kier alpha value is -0.520. The highest BCUT2D eigenvalue weighted by atomic mass is 35.5. The zero-order valence-electron chi connectivity index (χ0n) is 10.4. The highest BCUT2D eigenvalue weighted by Gasteiger charge is 2.10. The maximum absolute atomic E-state index is 9.49. The van der Waals surface area contributed by atoms with Gasteiger partial charge in [0, 0.05) is 30.8 Å². The van der Waals surface area contributed by atoms with Crippen molar-refractivity contribution in [1.29, 1.82) is 0 Å². The van der Waals surface area contributed by atoms with Crippen molar-refractivity contribution in [3.63, 3.8) is 0 Å². The lowest BCUT2D eigenvalue weighted by Gasteiger charge is -2.14. The SMILES string of the molecule is COCC(O)CNCc1cc(Cl)cc(Cl)c1OC. The minimum absolute atomic E-state index is 0.292. The van der Waals surface area contributed by atoms with E-state index in [1.807, 2.05) is 0 Å². The molecular formula is C12H17Cl2NO3. The molecule has 1 atom stereocenters. The summed E-state index contributed by atoms with van der Waals surface area (Å²) in [6.07, 6.45) is -0.546. The fourth-order valence-electron chi connectivity index (χ4n) is 1.60. The first-order valence-electron chi connectivity index (χ1n) is 5.48. The summed E-state index contributed by atoms with van der Waals surface area (Å²) in [7, 11) is 3.10. The number of hydrogen-bond acceptors (Lipinski definition) is 4. The summed E-state index contributed by atoms with van der Waals surface area (Å²) in [6.45, 7) is 1.21. The minimum atomic E-state index is -0.546. The van der Waals surface area contributed by atoms with Crippen molar-refractivity contribution in [2.45, 2.75) is 12.6 Å². The average Bonchev–Trinajstić information content (AvgIpc) is 2.28. The molecule has 0 radical (unpaired) electrons. The highest BCUT2D eigenvalue weighted by Crippen LogP contribution is 2.31. The van der Waals surface area contributed by atoms with Crippen LogP contribution in [0.3, 0.4) is 0 Å². The smallest absolute Gasteiger partial charge is 0.142 e. The molecule has 102 valence electrons. The summed E-state index contributed by atoms with van der Waals surface area (Å²) in [4.78, 5) is 0. The van der Waals surface area contributed by atoms with E-state index in [9.17, 15) is 5.11 Å². The Kier molecular flexibility index (Phi) is 6.75. The second-order valence-corrected chi connectivity index (χ2v) is 4.66. The number of hydrogen-bond donors (Lipinski definition) is 2. The molecule has 0 aliphatic rings. The van der Waals surface area contributed by atoms with Gasteiger partial charge in [0.1, 0.15) is 5.75 Å². The number of rotatable bonds is 7. The van der Waals surface area contributed by atoms with Crippen LogP contribution in [-0.4, -0.2) is 38.6 Å². The predicted octanol–water partition coefficient (Wildman–Crippen LogP) is 2.10. The topological polar surface area (TPSA) is 50.7 Å². The summed E-state index contributed by atoms with van der Waals surface area (Å²) in [5.41, 5.74) is 0.847. The molecule has 0 bridgehead atoms. The maximum atomic E-state index is 9.49. The predicted molar refractivity (Wildman–Crippen MR) is 72.6 cm³/mol. The zero-order valence-corrected chi connectivity index (χ0v) is 11.9. The summed E-state index contributed by atoms with van der Waals surface area (Å²) < 4.78 is 10.1. The van der Waals surface area contributed by atoms with Gasteiger partial charge in [-0.1, -0.05) is 23.2 Å². The Morgan fingerprint density at radius 2 is 2.06 bits per heavy atom. The second-order valence-electron chi connectivity index (χ2n) is 3.82.